The lowest BCUT2D eigenvalue weighted by Gasteiger charge is -2.33. The van der Waals surface area contributed by atoms with Crippen LogP contribution < -0.4 is 5.32 Å². The first-order valence-corrected chi connectivity index (χ1v) is 7.78. The highest BCUT2D eigenvalue weighted by Gasteiger charge is 2.26. The summed E-state index contributed by atoms with van der Waals surface area (Å²) in [6.45, 7) is 8.00. The standard InChI is InChI=1S/C15H28N2O2/c1-12(2)11-19-14-5-8-17(9-6-14)15(18)10-13-4-3-7-16-13/h12-14,16H,3-11H2,1-2H3. The van der Waals surface area contributed by atoms with E-state index in [1.807, 2.05) is 4.90 Å². The molecule has 4 heteroatoms. The fourth-order valence-electron chi connectivity index (χ4n) is 2.87. The highest BCUT2D eigenvalue weighted by molar-refractivity contribution is 5.77. The second-order valence-electron chi connectivity index (χ2n) is 6.30. The maximum Gasteiger partial charge on any atom is 0.224 e. The molecule has 2 aliphatic heterocycles. The van der Waals surface area contributed by atoms with E-state index in [0.29, 0.717) is 30.4 Å². The molecule has 2 rings (SSSR count). The van der Waals surface area contributed by atoms with Gasteiger partial charge in [-0.05, 0) is 38.1 Å². The van der Waals surface area contributed by atoms with Crippen LogP contribution in [0.2, 0.25) is 0 Å². The first-order valence-electron chi connectivity index (χ1n) is 7.78. The van der Waals surface area contributed by atoms with Crippen LogP contribution >= 0.6 is 0 Å². The number of piperidine rings is 1. The lowest BCUT2D eigenvalue weighted by Crippen LogP contribution is -2.43. The van der Waals surface area contributed by atoms with E-state index in [2.05, 4.69) is 19.2 Å². The highest BCUT2D eigenvalue weighted by atomic mass is 16.5. The Kier molecular flexibility index (Phi) is 5.64. The number of ether oxygens (including phenoxy) is 1. The predicted octanol–water partition coefficient (Wildman–Crippen LogP) is 1.79. The summed E-state index contributed by atoms with van der Waals surface area (Å²) in [5.74, 6) is 0.912. The fourth-order valence-corrected chi connectivity index (χ4v) is 2.87. The number of likely N-dealkylation sites (tertiary alicyclic amines) is 1. The lowest BCUT2D eigenvalue weighted by atomic mass is 10.1. The predicted molar refractivity (Wildman–Crippen MR) is 76.0 cm³/mol. The van der Waals surface area contributed by atoms with Gasteiger partial charge in [0.25, 0.3) is 0 Å². The molecule has 0 aliphatic carbocycles. The van der Waals surface area contributed by atoms with Gasteiger partial charge in [0.15, 0.2) is 0 Å². The van der Waals surface area contributed by atoms with Gasteiger partial charge in [-0.15, -0.1) is 0 Å². The molecule has 0 aromatic heterocycles. The molecule has 0 radical (unpaired) electrons. The van der Waals surface area contributed by atoms with Gasteiger partial charge in [0.2, 0.25) is 5.91 Å². The van der Waals surface area contributed by atoms with Crippen LogP contribution in [0.1, 0.15) is 46.0 Å². The molecule has 2 saturated heterocycles. The molecule has 2 heterocycles. The average Bonchev–Trinajstić information content (AvgIpc) is 2.89. The molecule has 1 N–H and O–H groups in total. The summed E-state index contributed by atoms with van der Waals surface area (Å²) in [4.78, 5) is 14.2. The third kappa shape index (κ3) is 4.77. The van der Waals surface area contributed by atoms with Gasteiger partial charge < -0.3 is 15.0 Å². The van der Waals surface area contributed by atoms with Crippen molar-refractivity contribution in [3.8, 4) is 0 Å². The third-order valence-corrected chi connectivity index (χ3v) is 4.04. The first-order chi connectivity index (χ1) is 9.15. The Hall–Kier alpha value is -0.610. The van der Waals surface area contributed by atoms with Crippen LogP contribution in [0.4, 0.5) is 0 Å². The third-order valence-electron chi connectivity index (χ3n) is 4.04. The molecule has 1 amide bonds. The molecular formula is C15H28N2O2. The molecule has 1 unspecified atom stereocenters. The quantitative estimate of drug-likeness (QED) is 0.826. The van der Waals surface area contributed by atoms with Gasteiger partial charge in [0, 0.05) is 32.2 Å². The van der Waals surface area contributed by atoms with E-state index in [1.165, 1.54) is 6.42 Å². The molecule has 2 fully saturated rings. The Morgan fingerprint density at radius 1 is 1.32 bits per heavy atom. The van der Waals surface area contributed by atoms with Crippen LogP contribution in [0.3, 0.4) is 0 Å². The van der Waals surface area contributed by atoms with E-state index in [4.69, 9.17) is 4.74 Å². The van der Waals surface area contributed by atoms with Gasteiger partial charge in [-0.25, -0.2) is 0 Å². The molecule has 2 aliphatic rings. The average molecular weight is 268 g/mol. The molecule has 0 bridgehead atoms. The molecule has 0 saturated carbocycles. The van der Waals surface area contributed by atoms with Crippen molar-refractivity contribution in [3.63, 3.8) is 0 Å². The molecule has 1 atom stereocenters. The van der Waals surface area contributed by atoms with Crippen molar-refractivity contribution in [2.24, 2.45) is 5.92 Å². The van der Waals surface area contributed by atoms with Crippen molar-refractivity contribution < 1.29 is 9.53 Å². The fraction of sp³-hybridized carbons (Fsp3) is 0.933. The van der Waals surface area contributed by atoms with Gasteiger partial charge in [-0.2, -0.15) is 0 Å². The number of rotatable bonds is 5. The van der Waals surface area contributed by atoms with E-state index >= 15 is 0 Å². The van der Waals surface area contributed by atoms with Crippen molar-refractivity contribution in [2.45, 2.75) is 58.1 Å². The van der Waals surface area contributed by atoms with Crippen molar-refractivity contribution in [3.05, 3.63) is 0 Å². The van der Waals surface area contributed by atoms with Crippen molar-refractivity contribution in [2.75, 3.05) is 26.2 Å². The van der Waals surface area contributed by atoms with E-state index in [-0.39, 0.29) is 0 Å². The van der Waals surface area contributed by atoms with Crippen LogP contribution in [0.5, 0.6) is 0 Å². The Bertz CT molecular complexity index is 280. The van der Waals surface area contributed by atoms with Gasteiger partial charge in [0.1, 0.15) is 0 Å². The Morgan fingerprint density at radius 3 is 2.63 bits per heavy atom. The van der Waals surface area contributed by atoms with Crippen molar-refractivity contribution in [1.29, 1.82) is 0 Å². The van der Waals surface area contributed by atoms with Gasteiger partial charge in [-0.3, -0.25) is 4.79 Å². The summed E-state index contributed by atoms with van der Waals surface area (Å²) in [5.41, 5.74) is 0. The number of hydrogen-bond acceptors (Lipinski definition) is 3. The smallest absolute Gasteiger partial charge is 0.224 e. The monoisotopic (exact) mass is 268 g/mol. The zero-order chi connectivity index (χ0) is 13.7. The van der Waals surface area contributed by atoms with Crippen LogP contribution in [0.25, 0.3) is 0 Å². The second kappa shape index (κ2) is 7.25. The number of amides is 1. The van der Waals surface area contributed by atoms with Crippen molar-refractivity contribution in [1.82, 2.24) is 10.2 Å². The molecule has 0 aromatic carbocycles. The number of nitrogens with zero attached hydrogens (tertiary/aromatic N) is 1. The minimum absolute atomic E-state index is 0.321. The normalized spacial score (nSPS) is 25.2. The van der Waals surface area contributed by atoms with E-state index < -0.39 is 0 Å². The molecule has 4 nitrogen and oxygen atoms in total. The molecule has 0 aromatic rings. The van der Waals surface area contributed by atoms with Gasteiger partial charge in [0.05, 0.1) is 6.10 Å². The number of carbonyl (C=O) groups is 1. The summed E-state index contributed by atoms with van der Waals surface area (Å²) >= 11 is 0. The first kappa shape index (κ1) is 14.8. The SMILES string of the molecule is CC(C)COC1CCN(C(=O)CC2CCCN2)CC1. The molecule has 0 spiro atoms. The number of hydrogen-bond donors (Lipinski definition) is 1. The Labute approximate surface area is 116 Å². The zero-order valence-corrected chi connectivity index (χ0v) is 12.4. The Morgan fingerprint density at radius 2 is 2.05 bits per heavy atom. The highest BCUT2D eigenvalue weighted by Crippen LogP contribution is 2.17. The van der Waals surface area contributed by atoms with E-state index in [1.54, 1.807) is 0 Å². The minimum atomic E-state index is 0.321. The Balaban J connectivity index is 1.65. The van der Waals surface area contributed by atoms with Crippen LogP contribution in [0.15, 0.2) is 0 Å². The lowest BCUT2D eigenvalue weighted by molar-refractivity contribution is -0.134. The van der Waals surface area contributed by atoms with E-state index in [9.17, 15) is 4.79 Å². The summed E-state index contributed by atoms with van der Waals surface area (Å²) < 4.78 is 5.86. The van der Waals surface area contributed by atoms with Crippen LogP contribution in [0, 0.1) is 5.92 Å². The topological polar surface area (TPSA) is 41.6 Å². The maximum atomic E-state index is 12.2. The summed E-state index contributed by atoms with van der Waals surface area (Å²) in [5, 5.41) is 3.40. The summed E-state index contributed by atoms with van der Waals surface area (Å²) in [6, 6.07) is 0.419. The number of nitrogens with one attached hydrogen (secondary N) is 1. The van der Waals surface area contributed by atoms with E-state index in [0.717, 1.165) is 45.5 Å². The summed E-state index contributed by atoms with van der Waals surface area (Å²) in [7, 11) is 0. The number of carbonyl (C=O) groups excluding carboxylic acids is 1. The van der Waals surface area contributed by atoms with Crippen molar-refractivity contribution >= 4 is 5.91 Å². The van der Waals surface area contributed by atoms with Gasteiger partial charge in [-0.1, -0.05) is 13.8 Å². The molecule has 110 valence electrons. The van der Waals surface area contributed by atoms with Gasteiger partial charge >= 0.3 is 0 Å². The summed E-state index contributed by atoms with van der Waals surface area (Å²) in [6.07, 6.45) is 5.39. The van der Waals surface area contributed by atoms with Crippen LogP contribution in [-0.2, 0) is 9.53 Å². The zero-order valence-electron chi connectivity index (χ0n) is 12.4. The molecule has 19 heavy (non-hydrogen) atoms. The second-order valence-corrected chi connectivity index (χ2v) is 6.30. The molecular weight excluding hydrogens is 240 g/mol. The maximum absolute atomic E-state index is 12.2. The van der Waals surface area contributed by atoms with Crippen LogP contribution in [-0.4, -0.2) is 49.2 Å². The minimum Gasteiger partial charge on any atom is -0.378 e. The largest absolute Gasteiger partial charge is 0.378 e.